The van der Waals surface area contributed by atoms with E-state index in [1.165, 1.54) is 45.6 Å². The summed E-state index contributed by atoms with van der Waals surface area (Å²) >= 11 is 0. The standard InChI is InChI=1S/C11H19NO2/c1-14-11(13)10-8-12(10)9-6-4-2-3-5-7-9/h9-10H,2-8H2,1H3. The first-order chi connectivity index (χ1) is 6.83. The number of hydrogen-bond donors (Lipinski definition) is 0. The highest BCUT2D eigenvalue weighted by Crippen LogP contribution is 2.30. The third kappa shape index (κ3) is 2.08. The molecular weight excluding hydrogens is 178 g/mol. The van der Waals surface area contributed by atoms with E-state index in [1.54, 1.807) is 0 Å². The Morgan fingerprint density at radius 2 is 1.86 bits per heavy atom. The highest BCUT2D eigenvalue weighted by atomic mass is 16.5. The summed E-state index contributed by atoms with van der Waals surface area (Å²) in [5, 5.41) is 0. The van der Waals surface area contributed by atoms with Gasteiger partial charge in [-0.3, -0.25) is 9.69 Å². The van der Waals surface area contributed by atoms with E-state index in [-0.39, 0.29) is 12.0 Å². The molecule has 2 fully saturated rings. The molecular formula is C11H19NO2. The highest BCUT2D eigenvalue weighted by molar-refractivity contribution is 5.79. The monoisotopic (exact) mass is 197 g/mol. The van der Waals surface area contributed by atoms with Crippen molar-refractivity contribution in [3.05, 3.63) is 0 Å². The van der Waals surface area contributed by atoms with Gasteiger partial charge in [0.1, 0.15) is 6.04 Å². The molecule has 0 N–H and O–H groups in total. The molecule has 1 aliphatic heterocycles. The van der Waals surface area contributed by atoms with Crippen LogP contribution < -0.4 is 0 Å². The molecule has 3 heteroatoms. The summed E-state index contributed by atoms with van der Waals surface area (Å²) in [7, 11) is 1.48. The first-order valence-corrected chi connectivity index (χ1v) is 5.66. The fraction of sp³-hybridized carbons (Fsp3) is 0.909. The predicted octanol–water partition coefficient (Wildman–Crippen LogP) is 1.57. The van der Waals surface area contributed by atoms with E-state index in [0.717, 1.165) is 6.54 Å². The molecule has 80 valence electrons. The SMILES string of the molecule is COC(=O)C1CN1C1CCCCCC1. The van der Waals surface area contributed by atoms with Gasteiger partial charge in [-0.1, -0.05) is 25.7 Å². The first kappa shape index (κ1) is 9.97. The number of carbonyl (C=O) groups is 1. The second-order valence-electron chi connectivity index (χ2n) is 4.38. The van der Waals surface area contributed by atoms with Gasteiger partial charge in [-0.2, -0.15) is 0 Å². The molecule has 0 radical (unpaired) electrons. The van der Waals surface area contributed by atoms with E-state index >= 15 is 0 Å². The van der Waals surface area contributed by atoms with Crippen molar-refractivity contribution in [2.24, 2.45) is 0 Å². The molecule has 2 aliphatic rings. The zero-order chi connectivity index (χ0) is 9.97. The Hall–Kier alpha value is -0.570. The maximum absolute atomic E-state index is 11.2. The van der Waals surface area contributed by atoms with Crippen LogP contribution in [0.4, 0.5) is 0 Å². The van der Waals surface area contributed by atoms with Crippen LogP contribution in [-0.4, -0.2) is 36.6 Å². The molecule has 1 heterocycles. The minimum atomic E-state index is -0.0470. The molecule has 0 aromatic rings. The fourth-order valence-corrected chi connectivity index (χ4v) is 2.49. The Balaban J connectivity index is 1.82. The molecule has 1 saturated carbocycles. The number of carbonyl (C=O) groups excluding carboxylic acids is 1. The van der Waals surface area contributed by atoms with E-state index in [4.69, 9.17) is 4.74 Å². The predicted molar refractivity (Wildman–Crippen MR) is 54.0 cm³/mol. The number of nitrogens with zero attached hydrogens (tertiary/aromatic N) is 1. The van der Waals surface area contributed by atoms with E-state index < -0.39 is 0 Å². The van der Waals surface area contributed by atoms with Gasteiger partial charge < -0.3 is 4.74 Å². The zero-order valence-corrected chi connectivity index (χ0v) is 8.87. The van der Waals surface area contributed by atoms with Crippen LogP contribution in [0.15, 0.2) is 0 Å². The third-order valence-corrected chi connectivity index (χ3v) is 3.42. The quantitative estimate of drug-likeness (QED) is 0.382. The van der Waals surface area contributed by atoms with Crippen molar-refractivity contribution >= 4 is 5.97 Å². The molecule has 2 atom stereocenters. The molecule has 0 aromatic heterocycles. The smallest absolute Gasteiger partial charge is 0.324 e. The van der Waals surface area contributed by atoms with E-state index in [2.05, 4.69) is 4.90 Å². The second kappa shape index (κ2) is 4.30. The number of ether oxygens (including phenoxy) is 1. The lowest BCUT2D eigenvalue weighted by atomic mass is 10.1. The molecule has 1 aliphatic carbocycles. The van der Waals surface area contributed by atoms with Crippen LogP contribution in [-0.2, 0) is 9.53 Å². The molecule has 14 heavy (non-hydrogen) atoms. The van der Waals surface area contributed by atoms with Gasteiger partial charge >= 0.3 is 5.97 Å². The maximum atomic E-state index is 11.2. The summed E-state index contributed by atoms with van der Waals surface area (Å²) in [4.78, 5) is 13.6. The molecule has 0 aromatic carbocycles. The van der Waals surface area contributed by atoms with Crippen molar-refractivity contribution in [2.45, 2.75) is 50.6 Å². The maximum Gasteiger partial charge on any atom is 0.324 e. The van der Waals surface area contributed by atoms with Crippen LogP contribution >= 0.6 is 0 Å². The molecule has 3 nitrogen and oxygen atoms in total. The number of methoxy groups -OCH3 is 1. The van der Waals surface area contributed by atoms with Crippen molar-refractivity contribution in [1.82, 2.24) is 4.90 Å². The molecule has 0 amide bonds. The van der Waals surface area contributed by atoms with Crippen LogP contribution in [0.1, 0.15) is 38.5 Å². The average molecular weight is 197 g/mol. The van der Waals surface area contributed by atoms with Gasteiger partial charge in [0.2, 0.25) is 0 Å². The van der Waals surface area contributed by atoms with E-state index in [9.17, 15) is 4.79 Å². The largest absolute Gasteiger partial charge is 0.468 e. The van der Waals surface area contributed by atoms with Gasteiger partial charge in [0.15, 0.2) is 0 Å². The minimum absolute atomic E-state index is 0.0470. The van der Waals surface area contributed by atoms with Crippen LogP contribution in [0, 0.1) is 0 Å². The van der Waals surface area contributed by atoms with Crippen molar-refractivity contribution < 1.29 is 9.53 Å². The summed E-state index contributed by atoms with van der Waals surface area (Å²) in [6, 6.07) is 0.740. The van der Waals surface area contributed by atoms with Crippen LogP contribution in [0.2, 0.25) is 0 Å². The Kier molecular flexibility index (Phi) is 3.06. The number of rotatable bonds is 2. The molecule has 0 spiro atoms. The Morgan fingerprint density at radius 1 is 1.21 bits per heavy atom. The van der Waals surface area contributed by atoms with Gasteiger partial charge in [0, 0.05) is 12.6 Å². The fourth-order valence-electron chi connectivity index (χ4n) is 2.49. The Bertz CT molecular complexity index is 209. The van der Waals surface area contributed by atoms with Gasteiger partial charge in [-0.05, 0) is 12.8 Å². The topological polar surface area (TPSA) is 29.3 Å². The van der Waals surface area contributed by atoms with Crippen LogP contribution in [0.5, 0.6) is 0 Å². The lowest BCUT2D eigenvalue weighted by Gasteiger charge is -2.15. The summed E-state index contributed by atoms with van der Waals surface area (Å²) < 4.78 is 4.75. The van der Waals surface area contributed by atoms with Gasteiger partial charge in [-0.15, -0.1) is 0 Å². The van der Waals surface area contributed by atoms with Crippen molar-refractivity contribution in [3.8, 4) is 0 Å². The summed E-state index contributed by atoms with van der Waals surface area (Å²) in [5.41, 5.74) is 0. The summed E-state index contributed by atoms with van der Waals surface area (Å²) in [6.45, 7) is 0.928. The highest BCUT2D eigenvalue weighted by Gasteiger charge is 2.45. The molecule has 0 bridgehead atoms. The van der Waals surface area contributed by atoms with E-state index in [1.807, 2.05) is 0 Å². The lowest BCUT2D eigenvalue weighted by Crippen LogP contribution is -2.23. The number of hydrogen-bond acceptors (Lipinski definition) is 3. The Morgan fingerprint density at radius 3 is 2.43 bits per heavy atom. The summed E-state index contributed by atoms with van der Waals surface area (Å²) in [5.74, 6) is -0.0470. The van der Waals surface area contributed by atoms with E-state index in [0.29, 0.717) is 6.04 Å². The molecule has 1 saturated heterocycles. The van der Waals surface area contributed by atoms with Crippen molar-refractivity contribution in [2.75, 3.05) is 13.7 Å². The van der Waals surface area contributed by atoms with Gasteiger partial charge in [0.25, 0.3) is 0 Å². The van der Waals surface area contributed by atoms with Gasteiger partial charge in [0.05, 0.1) is 7.11 Å². The second-order valence-corrected chi connectivity index (χ2v) is 4.38. The lowest BCUT2D eigenvalue weighted by molar-refractivity contribution is -0.141. The first-order valence-electron chi connectivity index (χ1n) is 5.66. The van der Waals surface area contributed by atoms with Gasteiger partial charge in [-0.25, -0.2) is 0 Å². The molecule has 2 unspecified atom stereocenters. The minimum Gasteiger partial charge on any atom is -0.468 e. The third-order valence-electron chi connectivity index (χ3n) is 3.42. The van der Waals surface area contributed by atoms with Crippen molar-refractivity contribution in [1.29, 1.82) is 0 Å². The number of esters is 1. The van der Waals surface area contributed by atoms with Crippen molar-refractivity contribution in [3.63, 3.8) is 0 Å². The average Bonchev–Trinajstić information content (AvgIpc) is 2.99. The Labute approximate surface area is 85.4 Å². The summed E-state index contributed by atoms with van der Waals surface area (Å²) in [6.07, 6.45) is 7.94. The van der Waals surface area contributed by atoms with Crippen LogP contribution in [0.25, 0.3) is 0 Å². The molecule has 2 rings (SSSR count). The van der Waals surface area contributed by atoms with Crippen LogP contribution in [0.3, 0.4) is 0 Å². The normalized spacial score (nSPS) is 33.5. The zero-order valence-electron chi connectivity index (χ0n) is 8.87.